The number of nitrogens with zero attached hydrogens (tertiary/aromatic N) is 2. The Morgan fingerprint density at radius 1 is 1.27 bits per heavy atom. The van der Waals surface area contributed by atoms with Gasteiger partial charge in [-0.1, -0.05) is 20.8 Å². The smallest absolute Gasteiger partial charge is 0.236 e. The fraction of sp³-hybridized carbons (Fsp3) is 0.917. The minimum absolute atomic E-state index is 0.217. The molecule has 1 rings (SSSR count). The Balaban J connectivity index is 0.000000921. The van der Waals surface area contributed by atoms with Gasteiger partial charge in [-0.3, -0.25) is 9.69 Å². The van der Waals surface area contributed by atoms with Crippen LogP contribution in [0.1, 0.15) is 33.6 Å². The van der Waals surface area contributed by atoms with E-state index in [0.717, 1.165) is 19.0 Å². The molecule has 0 aromatic heterocycles. The van der Waals surface area contributed by atoms with Gasteiger partial charge in [0.25, 0.3) is 0 Å². The highest BCUT2D eigenvalue weighted by Gasteiger charge is 2.18. The van der Waals surface area contributed by atoms with Crippen molar-refractivity contribution in [2.24, 2.45) is 5.92 Å². The fourth-order valence-electron chi connectivity index (χ4n) is 1.55. The Kier molecular flexibility index (Phi) is 7.39. The molecule has 0 bridgehead atoms. The van der Waals surface area contributed by atoms with Gasteiger partial charge in [-0.15, -0.1) is 0 Å². The first-order chi connectivity index (χ1) is 7.09. The fourth-order valence-corrected chi connectivity index (χ4v) is 1.55. The molecule has 0 unspecified atom stereocenters. The molecule has 0 saturated carbocycles. The normalized spacial score (nSPS) is 17.9. The second-order valence-corrected chi connectivity index (χ2v) is 4.25. The summed E-state index contributed by atoms with van der Waals surface area (Å²) in [5, 5.41) is 0. The summed E-state index contributed by atoms with van der Waals surface area (Å²) in [6.45, 7) is 9.05. The number of carbonyl (C=O) groups is 1. The van der Waals surface area contributed by atoms with Crippen LogP contribution in [-0.4, -0.2) is 49.4 Å². The highest BCUT2D eigenvalue weighted by molar-refractivity contribution is 5.77. The molecule has 1 heterocycles. The number of hydrogen-bond acceptors (Lipinski definition) is 2. The highest BCUT2D eigenvalue weighted by atomic mass is 16.2. The van der Waals surface area contributed by atoms with Crippen molar-refractivity contribution in [1.29, 1.82) is 0 Å². The van der Waals surface area contributed by atoms with Crippen LogP contribution < -0.4 is 0 Å². The molecule has 90 valence electrons. The predicted octanol–water partition coefficient (Wildman–Crippen LogP) is 1.83. The molecule has 1 aliphatic rings. The van der Waals surface area contributed by atoms with Crippen LogP contribution in [0, 0.1) is 5.92 Å². The molecule has 0 atom stereocenters. The lowest BCUT2D eigenvalue weighted by atomic mass is 9.99. The number of likely N-dealkylation sites (N-methyl/N-ethyl adjacent to an activating group) is 1. The molecule has 0 radical (unpaired) electrons. The van der Waals surface area contributed by atoms with Gasteiger partial charge in [-0.25, -0.2) is 0 Å². The average molecular weight is 214 g/mol. The number of likely N-dealkylation sites (tertiary alicyclic amines) is 1. The molecule has 3 heteroatoms. The van der Waals surface area contributed by atoms with Gasteiger partial charge in [0.1, 0.15) is 0 Å². The van der Waals surface area contributed by atoms with Crippen LogP contribution in [-0.2, 0) is 4.79 Å². The van der Waals surface area contributed by atoms with Gasteiger partial charge in [-0.05, 0) is 31.8 Å². The SMILES string of the molecule is CC.CC1CCN(CC(=O)N(C)C)CC1. The maximum atomic E-state index is 11.4. The Morgan fingerprint density at radius 2 is 1.73 bits per heavy atom. The molecule has 1 amide bonds. The number of piperidine rings is 1. The Morgan fingerprint density at radius 3 is 2.13 bits per heavy atom. The van der Waals surface area contributed by atoms with Gasteiger partial charge in [-0.2, -0.15) is 0 Å². The maximum absolute atomic E-state index is 11.4. The third-order valence-electron chi connectivity index (χ3n) is 2.73. The summed E-state index contributed by atoms with van der Waals surface area (Å²) in [5.74, 6) is 1.06. The quantitative estimate of drug-likeness (QED) is 0.700. The number of rotatable bonds is 2. The molecule has 0 spiro atoms. The summed E-state index contributed by atoms with van der Waals surface area (Å²) in [6.07, 6.45) is 2.47. The van der Waals surface area contributed by atoms with Crippen molar-refractivity contribution in [3.8, 4) is 0 Å². The third-order valence-corrected chi connectivity index (χ3v) is 2.73. The predicted molar refractivity (Wildman–Crippen MR) is 64.9 cm³/mol. The summed E-state index contributed by atoms with van der Waals surface area (Å²) < 4.78 is 0. The van der Waals surface area contributed by atoms with E-state index in [2.05, 4.69) is 11.8 Å². The summed E-state index contributed by atoms with van der Waals surface area (Å²) in [6, 6.07) is 0. The van der Waals surface area contributed by atoms with Crippen LogP contribution in [0.15, 0.2) is 0 Å². The Hall–Kier alpha value is -0.570. The van der Waals surface area contributed by atoms with Crippen molar-refractivity contribution < 1.29 is 4.79 Å². The lowest BCUT2D eigenvalue weighted by molar-refractivity contribution is -0.130. The van der Waals surface area contributed by atoms with Crippen molar-refractivity contribution >= 4 is 5.91 Å². The molecule has 1 saturated heterocycles. The van der Waals surface area contributed by atoms with E-state index in [4.69, 9.17) is 0 Å². The monoisotopic (exact) mass is 214 g/mol. The van der Waals surface area contributed by atoms with Gasteiger partial charge in [0.2, 0.25) is 5.91 Å². The maximum Gasteiger partial charge on any atom is 0.236 e. The van der Waals surface area contributed by atoms with E-state index in [9.17, 15) is 4.79 Å². The van der Waals surface area contributed by atoms with Crippen molar-refractivity contribution in [1.82, 2.24) is 9.80 Å². The minimum atomic E-state index is 0.217. The van der Waals surface area contributed by atoms with Crippen LogP contribution in [0.25, 0.3) is 0 Å². The van der Waals surface area contributed by atoms with Crippen molar-refractivity contribution in [3.63, 3.8) is 0 Å². The molecule has 1 aliphatic heterocycles. The van der Waals surface area contributed by atoms with E-state index in [1.165, 1.54) is 12.8 Å². The summed E-state index contributed by atoms with van der Waals surface area (Å²) in [4.78, 5) is 15.3. The van der Waals surface area contributed by atoms with Crippen LogP contribution in [0.4, 0.5) is 0 Å². The first-order valence-electron chi connectivity index (χ1n) is 6.02. The van der Waals surface area contributed by atoms with Gasteiger partial charge >= 0.3 is 0 Å². The second kappa shape index (κ2) is 7.69. The third kappa shape index (κ3) is 5.78. The van der Waals surface area contributed by atoms with Crippen LogP contribution >= 0.6 is 0 Å². The molecule has 1 fully saturated rings. The second-order valence-electron chi connectivity index (χ2n) is 4.25. The van der Waals surface area contributed by atoms with E-state index >= 15 is 0 Å². The first kappa shape index (κ1) is 14.4. The zero-order valence-electron chi connectivity index (χ0n) is 10.9. The zero-order chi connectivity index (χ0) is 11.8. The van der Waals surface area contributed by atoms with Crippen LogP contribution in [0.3, 0.4) is 0 Å². The van der Waals surface area contributed by atoms with Crippen molar-refractivity contribution in [2.75, 3.05) is 33.7 Å². The number of carbonyl (C=O) groups excluding carboxylic acids is 1. The van der Waals surface area contributed by atoms with Crippen molar-refractivity contribution in [2.45, 2.75) is 33.6 Å². The minimum Gasteiger partial charge on any atom is -0.348 e. The molecule has 0 N–H and O–H groups in total. The average Bonchev–Trinajstić information content (AvgIpc) is 2.24. The van der Waals surface area contributed by atoms with Crippen molar-refractivity contribution in [3.05, 3.63) is 0 Å². The molecular formula is C12H26N2O. The van der Waals surface area contributed by atoms with Crippen LogP contribution in [0.5, 0.6) is 0 Å². The van der Waals surface area contributed by atoms with Gasteiger partial charge in [0.05, 0.1) is 6.54 Å². The standard InChI is InChI=1S/C10H20N2O.C2H6/c1-9-4-6-12(7-5-9)8-10(13)11(2)3;1-2/h9H,4-8H2,1-3H3;1-2H3. The molecule has 15 heavy (non-hydrogen) atoms. The van der Waals surface area contributed by atoms with E-state index in [0.29, 0.717) is 6.54 Å². The lowest BCUT2D eigenvalue weighted by Crippen LogP contribution is -2.40. The van der Waals surface area contributed by atoms with Gasteiger partial charge in [0.15, 0.2) is 0 Å². The number of amides is 1. The van der Waals surface area contributed by atoms with E-state index in [1.807, 2.05) is 27.9 Å². The molecular weight excluding hydrogens is 188 g/mol. The molecule has 0 aliphatic carbocycles. The number of hydrogen-bond donors (Lipinski definition) is 0. The van der Waals surface area contributed by atoms with E-state index in [1.54, 1.807) is 4.90 Å². The van der Waals surface area contributed by atoms with E-state index < -0.39 is 0 Å². The zero-order valence-corrected chi connectivity index (χ0v) is 10.9. The molecule has 3 nitrogen and oxygen atoms in total. The summed E-state index contributed by atoms with van der Waals surface area (Å²) in [5.41, 5.74) is 0. The largest absolute Gasteiger partial charge is 0.348 e. The van der Waals surface area contributed by atoms with Gasteiger partial charge < -0.3 is 4.90 Å². The first-order valence-corrected chi connectivity index (χ1v) is 6.02. The van der Waals surface area contributed by atoms with Crippen LogP contribution in [0.2, 0.25) is 0 Å². The van der Waals surface area contributed by atoms with E-state index in [-0.39, 0.29) is 5.91 Å². The topological polar surface area (TPSA) is 23.6 Å². The molecule has 0 aromatic rings. The summed E-state index contributed by atoms with van der Waals surface area (Å²) in [7, 11) is 3.63. The highest BCUT2D eigenvalue weighted by Crippen LogP contribution is 2.15. The van der Waals surface area contributed by atoms with Gasteiger partial charge in [0, 0.05) is 14.1 Å². The summed E-state index contributed by atoms with van der Waals surface area (Å²) >= 11 is 0. The Labute approximate surface area is 94.4 Å². The lowest BCUT2D eigenvalue weighted by Gasteiger charge is -2.30. The molecule has 0 aromatic carbocycles. The Bertz CT molecular complexity index is 172.